The van der Waals surface area contributed by atoms with E-state index >= 15 is 0 Å². The molecule has 0 amide bonds. The lowest BCUT2D eigenvalue weighted by molar-refractivity contribution is 0.629. The third-order valence-corrected chi connectivity index (χ3v) is 0.608. The topological polar surface area (TPSA) is 43.6 Å². The van der Waals surface area contributed by atoms with E-state index in [1.807, 2.05) is 0 Å². The van der Waals surface area contributed by atoms with E-state index < -0.39 is 0 Å². The summed E-state index contributed by atoms with van der Waals surface area (Å²) >= 11 is 0. The summed E-state index contributed by atoms with van der Waals surface area (Å²) in [6, 6.07) is 0. The van der Waals surface area contributed by atoms with E-state index in [1.165, 1.54) is 4.80 Å². The van der Waals surface area contributed by atoms with Crippen molar-refractivity contribution in [2.75, 3.05) is 0 Å². The molecule has 4 heteroatoms. The summed E-state index contributed by atoms with van der Waals surface area (Å²) in [7, 11) is 1.74. The highest BCUT2D eigenvalue weighted by molar-refractivity contribution is 4.65. The SMILES string of the molecule is Cc1nnn(C)n1. The largest absolute Gasteiger partial charge is 0.171 e. The van der Waals surface area contributed by atoms with Gasteiger partial charge in [0.25, 0.3) is 0 Å². The number of hydrogen-bond donors (Lipinski definition) is 0. The molecule has 0 unspecified atom stereocenters. The zero-order valence-corrected chi connectivity index (χ0v) is 4.29. The first-order chi connectivity index (χ1) is 3.29. The fourth-order valence-electron chi connectivity index (χ4n) is 0.379. The molecule has 0 aromatic carbocycles. The Kier molecular flexibility index (Phi) is 0.780. The molecule has 0 saturated carbocycles. The van der Waals surface area contributed by atoms with Crippen LogP contribution in [-0.4, -0.2) is 20.2 Å². The molecule has 0 bridgehead atoms. The minimum atomic E-state index is 0.711. The fourth-order valence-corrected chi connectivity index (χ4v) is 0.379. The Balaban J connectivity index is 3.04. The molecule has 1 rings (SSSR count). The Morgan fingerprint density at radius 1 is 1.57 bits per heavy atom. The smallest absolute Gasteiger partial charge is 0.167 e. The molecular weight excluding hydrogens is 92.1 g/mol. The van der Waals surface area contributed by atoms with Crippen molar-refractivity contribution in [3.05, 3.63) is 5.82 Å². The fraction of sp³-hybridized carbons (Fsp3) is 0.667. The summed E-state index contributed by atoms with van der Waals surface area (Å²) in [5.41, 5.74) is 0. The second-order valence-corrected chi connectivity index (χ2v) is 1.33. The van der Waals surface area contributed by atoms with Gasteiger partial charge in [-0.05, 0) is 12.1 Å². The lowest BCUT2D eigenvalue weighted by Gasteiger charge is -1.73. The van der Waals surface area contributed by atoms with Crippen LogP contribution in [0, 0.1) is 6.92 Å². The number of rotatable bonds is 0. The molecule has 0 aliphatic heterocycles. The number of nitrogens with zero attached hydrogens (tertiary/aromatic N) is 4. The average Bonchev–Trinajstić information content (AvgIpc) is 1.87. The maximum absolute atomic E-state index is 3.81. The van der Waals surface area contributed by atoms with E-state index in [0.717, 1.165) is 0 Å². The number of hydrogen-bond acceptors (Lipinski definition) is 3. The highest BCUT2D eigenvalue weighted by atomic mass is 15.6. The van der Waals surface area contributed by atoms with Crippen molar-refractivity contribution in [1.29, 1.82) is 0 Å². The van der Waals surface area contributed by atoms with Crippen molar-refractivity contribution in [3.8, 4) is 0 Å². The van der Waals surface area contributed by atoms with Gasteiger partial charge in [0.05, 0.1) is 7.05 Å². The van der Waals surface area contributed by atoms with Gasteiger partial charge in [-0.2, -0.15) is 4.80 Å². The van der Waals surface area contributed by atoms with Crippen LogP contribution in [0.15, 0.2) is 0 Å². The summed E-state index contributed by atoms with van der Waals surface area (Å²) in [4.78, 5) is 1.43. The third kappa shape index (κ3) is 0.734. The molecule has 1 aromatic heterocycles. The zero-order valence-electron chi connectivity index (χ0n) is 4.29. The predicted molar refractivity (Wildman–Crippen MR) is 23.5 cm³/mol. The van der Waals surface area contributed by atoms with Crippen LogP contribution in [0.5, 0.6) is 0 Å². The predicted octanol–water partition coefficient (Wildman–Crippen LogP) is -0.481. The summed E-state index contributed by atoms with van der Waals surface area (Å²) in [5, 5.41) is 11.0. The van der Waals surface area contributed by atoms with E-state index in [-0.39, 0.29) is 0 Å². The Bertz CT molecular complexity index is 139. The van der Waals surface area contributed by atoms with Crippen LogP contribution < -0.4 is 0 Å². The highest BCUT2D eigenvalue weighted by Gasteiger charge is 1.85. The molecule has 0 radical (unpaired) electrons. The molecule has 0 N–H and O–H groups in total. The Morgan fingerprint density at radius 3 is 2.43 bits per heavy atom. The molecular formula is C3H6N4. The van der Waals surface area contributed by atoms with Crippen LogP contribution in [0.4, 0.5) is 0 Å². The van der Waals surface area contributed by atoms with Gasteiger partial charge in [0, 0.05) is 0 Å². The summed E-state index contributed by atoms with van der Waals surface area (Å²) < 4.78 is 0. The van der Waals surface area contributed by atoms with Crippen LogP contribution in [0.3, 0.4) is 0 Å². The molecule has 0 aliphatic rings. The first-order valence-corrected chi connectivity index (χ1v) is 1.99. The summed E-state index contributed by atoms with van der Waals surface area (Å²) in [6.45, 7) is 1.80. The molecule has 1 aromatic rings. The molecule has 0 spiro atoms. The third-order valence-electron chi connectivity index (χ3n) is 0.608. The lowest BCUT2D eigenvalue weighted by Crippen LogP contribution is -1.91. The quantitative estimate of drug-likeness (QED) is 0.440. The van der Waals surface area contributed by atoms with E-state index in [4.69, 9.17) is 0 Å². The second-order valence-electron chi connectivity index (χ2n) is 1.33. The molecule has 4 nitrogen and oxygen atoms in total. The Morgan fingerprint density at radius 2 is 2.29 bits per heavy atom. The summed E-state index contributed by atoms with van der Waals surface area (Å²) in [6.07, 6.45) is 0. The number of aryl methyl sites for hydroxylation is 2. The molecule has 0 fully saturated rings. The first-order valence-electron chi connectivity index (χ1n) is 1.99. The molecule has 0 atom stereocenters. The van der Waals surface area contributed by atoms with Gasteiger partial charge in [-0.3, -0.25) is 0 Å². The van der Waals surface area contributed by atoms with E-state index in [0.29, 0.717) is 5.82 Å². The second kappa shape index (κ2) is 1.29. The molecule has 7 heavy (non-hydrogen) atoms. The minimum absolute atomic E-state index is 0.711. The normalized spacial score (nSPS) is 9.43. The molecule has 0 saturated heterocycles. The van der Waals surface area contributed by atoms with Gasteiger partial charge in [0.2, 0.25) is 0 Å². The van der Waals surface area contributed by atoms with Crippen molar-refractivity contribution in [2.45, 2.75) is 6.92 Å². The average molecular weight is 98.1 g/mol. The van der Waals surface area contributed by atoms with Crippen LogP contribution in [-0.2, 0) is 7.05 Å². The molecule has 0 aliphatic carbocycles. The van der Waals surface area contributed by atoms with Crippen molar-refractivity contribution < 1.29 is 0 Å². The van der Waals surface area contributed by atoms with Crippen LogP contribution >= 0.6 is 0 Å². The van der Waals surface area contributed by atoms with Gasteiger partial charge in [0.15, 0.2) is 5.82 Å². The Labute approximate surface area is 41.1 Å². The lowest BCUT2D eigenvalue weighted by atomic mass is 10.8. The van der Waals surface area contributed by atoms with Gasteiger partial charge in [0.1, 0.15) is 0 Å². The molecule has 1 heterocycles. The van der Waals surface area contributed by atoms with Crippen LogP contribution in [0.2, 0.25) is 0 Å². The van der Waals surface area contributed by atoms with Gasteiger partial charge in [-0.15, -0.1) is 10.2 Å². The van der Waals surface area contributed by atoms with E-state index in [2.05, 4.69) is 15.4 Å². The standard InChI is InChI=1S/C3H6N4/c1-3-4-6-7(2)5-3/h1-2H3. The first kappa shape index (κ1) is 4.23. The zero-order chi connectivity index (χ0) is 5.28. The minimum Gasteiger partial charge on any atom is -0.167 e. The van der Waals surface area contributed by atoms with Crippen molar-refractivity contribution in [1.82, 2.24) is 20.2 Å². The van der Waals surface area contributed by atoms with Crippen LogP contribution in [0.25, 0.3) is 0 Å². The van der Waals surface area contributed by atoms with Crippen molar-refractivity contribution >= 4 is 0 Å². The number of aromatic nitrogens is 4. The van der Waals surface area contributed by atoms with Crippen molar-refractivity contribution in [2.24, 2.45) is 7.05 Å². The maximum Gasteiger partial charge on any atom is 0.171 e. The monoisotopic (exact) mass is 98.1 g/mol. The van der Waals surface area contributed by atoms with Gasteiger partial charge in [-0.1, -0.05) is 0 Å². The Hall–Kier alpha value is -0.930. The maximum atomic E-state index is 3.81. The molecule has 38 valence electrons. The van der Waals surface area contributed by atoms with Crippen LogP contribution in [0.1, 0.15) is 5.82 Å². The van der Waals surface area contributed by atoms with Gasteiger partial charge >= 0.3 is 0 Å². The van der Waals surface area contributed by atoms with E-state index in [1.54, 1.807) is 14.0 Å². The summed E-state index contributed by atoms with van der Waals surface area (Å²) in [5.74, 6) is 0.711. The highest BCUT2D eigenvalue weighted by Crippen LogP contribution is 1.74. The van der Waals surface area contributed by atoms with Gasteiger partial charge in [-0.25, -0.2) is 0 Å². The van der Waals surface area contributed by atoms with Gasteiger partial charge < -0.3 is 0 Å². The van der Waals surface area contributed by atoms with E-state index in [9.17, 15) is 0 Å². The van der Waals surface area contributed by atoms with Crippen molar-refractivity contribution in [3.63, 3.8) is 0 Å². The number of tetrazole rings is 1.